The molecule has 12 heavy (non-hydrogen) atoms. The van der Waals surface area contributed by atoms with Crippen LogP contribution in [0, 0.1) is 0 Å². The molecule has 4 N–H and O–H groups in total. The largest absolute Gasteiger partial charge is 1.00 e. The summed E-state index contributed by atoms with van der Waals surface area (Å²) < 4.78 is 0. The van der Waals surface area contributed by atoms with Crippen LogP contribution in [-0.2, 0) is 6.48 Å². The van der Waals surface area contributed by atoms with Gasteiger partial charge in [-0.1, -0.05) is 0 Å². The van der Waals surface area contributed by atoms with Crippen molar-refractivity contribution in [3.8, 4) is 0 Å². The molecule has 0 aliphatic heterocycles. The zero-order valence-electron chi connectivity index (χ0n) is 6.60. The summed E-state index contributed by atoms with van der Waals surface area (Å²) >= 11 is 0. The maximum absolute atomic E-state index is 5.15. The van der Waals surface area contributed by atoms with E-state index in [0.717, 1.165) is 0 Å². The van der Waals surface area contributed by atoms with Crippen LogP contribution in [0.15, 0.2) is 0 Å². The van der Waals surface area contributed by atoms with Crippen molar-refractivity contribution < 1.29 is 106 Å². The maximum Gasteiger partial charge on any atom is 1.00 e. The van der Waals surface area contributed by atoms with Gasteiger partial charge in [0.25, 0.3) is 0 Å². The molecule has 0 spiro atoms. The Kier molecular flexibility index (Phi) is 27.7. The summed E-state index contributed by atoms with van der Waals surface area (Å²) in [6, 6.07) is 0. The van der Waals surface area contributed by atoms with Crippen LogP contribution in [0.5, 0.6) is 0 Å². The standard InChI is InChI=1S/6ClH.3Na.2H2O.Rh/h6*1H;;;;2*1H2;/q;;;;;;3*+1;;;+3/p-6. The Morgan fingerprint density at radius 1 is 0.500 bits per heavy atom. The summed E-state index contributed by atoms with van der Waals surface area (Å²) in [5.41, 5.74) is 0. The average molecular weight is 421 g/mol. The minimum atomic E-state index is -5.15. The predicted molar refractivity (Wildman–Crippen MR) is 42.3 cm³/mol. The monoisotopic (exact) mass is 418 g/mol. The van der Waals surface area contributed by atoms with E-state index in [2.05, 4.69) is 0 Å². The molecule has 0 aromatic rings. The van der Waals surface area contributed by atoms with Crippen LogP contribution in [0.4, 0.5) is 0 Å². The first kappa shape index (κ1) is 36.0. The van der Waals surface area contributed by atoms with Crippen LogP contribution < -0.4 is 88.7 Å². The number of rotatable bonds is 0. The van der Waals surface area contributed by atoms with Gasteiger partial charge in [-0.2, -0.15) is 0 Å². The quantitative estimate of drug-likeness (QED) is 0.350. The molecule has 0 aliphatic carbocycles. The van der Waals surface area contributed by atoms with Crippen LogP contribution >= 0.6 is 58.1 Å². The molecule has 0 fully saturated rings. The zero-order chi connectivity index (χ0) is 6.41. The van der Waals surface area contributed by atoms with Crippen LogP contribution in [0.1, 0.15) is 0 Å². The number of halogens is 6. The SMILES string of the molecule is O.O.[Cl][Rh-3]([Cl])([Cl])([Cl])([Cl])[Cl].[Na+].[Na+].[Na+]. The van der Waals surface area contributed by atoms with Gasteiger partial charge >= 0.3 is 153 Å². The Labute approximate surface area is 160 Å². The van der Waals surface area contributed by atoms with E-state index < -0.39 is 6.48 Å². The van der Waals surface area contributed by atoms with Crippen LogP contribution in [0.3, 0.4) is 0 Å². The average Bonchev–Trinajstić information content (AvgIpc) is 0.592. The van der Waals surface area contributed by atoms with E-state index in [0.29, 0.717) is 0 Å². The molecule has 0 bridgehead atoms. The van der Waals surface area contributed by atoms with E-state index in [1.165, 1.54) is 0 Å². The van der Waals surface area contributed by atoms with E-state index in [9.17, 15) is 0 Å². The Hall–Kier alpha value is 5.28. The molecule has 0 atom stereocenters. The third-order valence-corrected chi connectivity index (χ3v) is 0. The molecule has 0 aromatic heterocycles. The third kappa shape index (κ3) is 112. The van der Waals surface area contributed by atoms with Gasteiger partial charge in [-0.15, -0.1) is 0 Å². The van der Waals surface area contributed by atoms with Crippen LogP contribution in [-0.4, -0.2) is 11.0 Å². The topological polar surface area (TPSA) is 63.0 Å². The number of hydrogen-bond donors (Lipinski definition) is 0. The first-order valence-electron chi connectivity index (χ1n) is 0.756. The second kappa shape index (κ2) is 9.24. The van der Waals surface area contributed by atoms with Crippen molar-refractivity contribution in [2.75, 3.05) is 0 Å². The van der Waals surface area contributed by atoms with Gasteiger partial charge in [0, 0.05) is 0 Å². The summed E-state index contributed by atoms with van der Waals surface area (Å²) in [5, 5.41) is 0. The fourth-order valence-corrected chi connectivity index (χ4v) is 0. The molecule has 0 radical (unpaired) electrons. The zero-order valence-corrected chi connectivity index (χ0v) is 18.8. The summed E-state index contributed by atoms with van der Waals surface area (Å²) in [7, 11) is 30.2. The van der Waals surface area contributed by atoms with Crippen molar-refractivity contribution in [2.24, 2.45) is 0 Å². The molecule has 0 aliphatic rings. The van der Waals surface area contributed by atoms with Crippen molar-refractivity contribution >= 4 is 58.1 Å². The first-order valence-corrected chi connectivity index (χ1v) is 13.4. The van der Waals surface area contributed by atoms with Crippen LogP contribution in [0.25, 0.3) is 0 Å². The predicted octanol–water partition coefficient (Wildman–Crippen LogP) is -6.50. The van der Waals surface area contributed by atoms with Gasteiger partial charge in [0.05, 0.1) is 0 Å². The summed E-state index contributed by atoms with van der Waals surface area (Å²) in [6.45, 7) is -5.15. The Morgan fingerprint density at radius 3 is 0.500 bits per heavy atom. The van der Waals surface area contributed by atoms with Crippen molar-refractivity contribution in [2.45, 2.75) is 0 Å². The molecule has 2 nitrogen and oxygen atoms in total. The normalized spacial score (nSPS) is 13.5. The smallest absolute Gasteiger partial charge is 1.00 e. The summed E-state index contributed by atoms with van der Waals surface area (Å²) in [6.07, 6.45) is 0. The van der Waals surface area contributed by atoms with Gasteiger partial charge in [0.1, 0.15) is 0 Å². The second-order valence-electron chi connectivity index (χ2n) is 0.714. The third-order valence-electron chi connectivity index (χ3n) is 0. The Bertz CT molecular complexity index is 79.4. The van der Waals surface area contributed by atoms with Gasteiger partial charge in [0.15, 0.2) is 0 Å². The van der Waals surface area contributed by atoms with Gasteiger partial charge in [-0.3, -0.25) is 0 Å². The summed E-state index contributed by atoms with van der Waals surface area (Å²) in [4.78, 5) is 0. The molecule has 12 heteroatoms. The van der Waals surface area contributed by atoms with Gasteiger partial charge in [-0.05, 0) is 0 Å². The first-order chi connectivity index (χ1) is 2.45. The molecular formula is H4Cl6Na3O2Rh. The molecule has 0 amide bonds. The van der Waals surface area contributed by atoms with Crippen molar-refractivity contribution in [1.29, 1.82) is 0 Å². The molecule has 0 heterocycles. The molecular weight excluding hydrogens is 417 g/mol. The minimum absolute atomic E-state index is 0. The van der Waals surface area contributed by atoms with E-state index in [4.69, 9.17) is 58.1 Å². The van der Waals surface area contributed by atoms with E-state index in [1.54, 1.807) is 0 Å². The molecule has 0 saturated heterocycles. The summed E-state index contributed by atoms with van der Waals surface area (Å²) in [5.74, 6) is 0. The van der Waals surface area contributed by atoms with Crippen molar-refractivity contribution in [1.82, 2.24) is 0 Å². The minimum Gasteiger partial charge on any atom is 1.00 e. The Morgan fingerprint density at radius 2 is 0.500 bits per heavy atom. The molecule has 70 valence electrons. The van der Waals surface area contributed by atoms with E-state index in [-0.39, 0.29) is 99.6 Å². The van der Waals surface area contributed by atoms with Gasteiger partial charge in [-0.25, -0.2) is 0 Å². The molecule has 0 unspecified atom stereocenters. The molecule has 0 aromatic carbocycles. The second-order valence-corrected chi connectivity index (χ2v) is 38.0. The fourth-order valence-electron chi connectivity index (χ4n) is 0. The fraction of sp³-hybridized carbons (Fsp3) is 0. The number of hydrogen-bond acceptors (Lipinski definition) is 0. The van der Waals surface area contributed by atoms with E-state index >= 15 is 0 Å². The van der Waals surface area contributed by atoms with Gasteiger partial charge < -0.3 is 11.0 Å². The van der Waals surface area contributed by atoms with Crippen molar-refractivity contribution in [3.05, 3.63) is 0 Å². The van der Waals surface area contributed by atoms with Crippen LogP contribution in [0.2, 0.25) is 0 Å². The van der Waals surface area contributed by atoms with E-state index in [1.807, 2.05) is 0 Å². The maximum atomic E-state index is 5.04. The van der Waals surface area contributed by atoms with Crippen molar-refractivity contribution in [3.63, 3.8) is 0 Å². The Balaban J connectivity index is -0.0000000180. The molecule has 0 saturated carbocycles. The van der Waals surface area contributed by atoms with Gasteiger partial charge in [0.2, 0.25) is 0 Å². The molecule has 0 rings (SSSR count).